The van der Waals surface area contributed by atoms with Crippen LogP contribution in [0, 0.1) is 5.92 Å². The summed E-state index contributed by atoms with van der Waals surface area (Å²) in [7, 11) is 0. The Bertz CT molecular complexity index is 230. The van der Waals surface area contributed by atoms with Gasteiger partial charge in [0.2, 0.25) is 0 Å². The van der Waals surface area contributed by atoms with Crippen LogP contribution in [0.5, 0.6) is 0 Å². The summed E-state index contributed by atoms with van der Waals surface area (Å²) < 4.78 is 0. The first kappa shape index (κ1) is 12.5. The van der Waals surface area contributed by atoms with Crippen LogP contribution in [0.25, 0.3) is 0 Å². The molecule has 1 rings (SSSR count). The molecule has 0 aromatic carbocycles. The highest BCUT2D eigenvalue weighted by molar-refractivity contribution is 5.79. The molecule has 0 aromatic rings. The van der Waals surface area contributed by atoms with Gasteiger partial charge in [-0.3, -0.25) is 10.1 Å². The summed E-state index contributed by atoms with van der Waals surface area (Å²) in [6.07, 6.45) is 4.71. The second-order valence-electron chi connectivity index (χ2n) is 5.04. The van der Waals surface area contributed by atoms with Crippen LogP contribution < -0.4 is 5.32 Å². The molecule has 2 N–H and O–H groups in total. The van der Waals surface area contributed by atoms with Crippen molar-refractivity contribution < 1.29 is 9.90 Å². The lowest BCUT2D eigenvalue weighted by Gasteiger charge is -2.39. The molecular weight excluding hydrogens is 190 g/mol. The monoisotopic (exact) mass is 213 g/mol. The fourth-order valence-electron chi connectivity index (χ4n) is 2.51. The van der Waals surface area contributed by atoms with Crippen LogP contribution in [0.3, 0.4) is 0 Å². The maximum Gasteiger partial charge on any atom is 0.323 e. The van der Waals surface area contributed by atoms with E-state index in [2.05, 4.69) is 26.1 Å². The molecule has 0 radical (unpaired) electrons. The fourth-order valence-corrected chi connectivity index (χ4v) is 2.51. The minimum absolute atomic E-state index is 0.284. The standard InChI is InChI=1S/C12H23NO2/c1-4-10(3)13-12(11(14)15)7-5-6-9(2)8-12/h9-10,13H,4-8H2,1-3H3,(H,14,15). The molecule has 0 heterocycles. The van der Waals surface area contributed by atoms with Gasteiger partial charge in [-0.05, 0) is 32.1 Å². The number of carboxylic acid groups (broad SMARTS) is 1. The molecule has 0 amide bonds. The SMILES string of the molecule is CCC(C)NC1(C(=O)O)CCCC(C)C1. The van der Waals surface area contributed by atoms with Crippen molar-refractivity contribution in [2.75, 3.05) is 0 Å². The van der Waals surface area contributed by atoms with Gasteiger partial charge in [-0.25, -0.2) is 0 Å². The lowest BCUT2D eigenvalue weighted by Crippen LogP contribution is -2.57. The Morgan fingerprint density at radius 3 is 2.80 bits per heavy atom. The summed E-state index contributed by atoms with van der Waals surface area (Å²) in [5, 5.41) is 12.7. The first-order chi connectivity index (χ1) is 7.00. The number of rotatable bonds is 4. The third kappa shape index (κ3) is 2.94. The molecule has 1 aliphatic rings. The van der Waals surface area contributed by atoms with Crippen molar-refractivity contribution in [2.45, 2.75) is 64.5 Å². The molecule has 3 unspecified atom stereocenters. The molecule has 1 saturated carbocycles. The quantitative estimate of drug-likeness (QED) is 0.754. The second kappa shape index (κ2) is 4.97. The van der Waals surface area contributed by atoms with Crippen molar-refractivity contribution in [1.82, 2.24) is 5.32 Å². The van der Waals surface area contributed by atoms with Gasteiger partial charge >= 0.3 is 5.97 Å². The second-order valence-corrected chi connectivity index (χ2v) is 5.04. The van der Waals surface area contributed by atoms with Crippen molar-refractivity contribution in [3.8, 4) is 0 Å². The fraction of sp³-hybridized carbons (Fsp3) is 0.917. The van der Waals surface area contributed by atoms with E-state index in [1.54, 1.807) is 0 Å². The maximum absolute atomic E-state index is 11.4. The highest BCUT2D eigenvalue weighted by Gasteiger charge is 2.42. The molecule has 3 nitrogen and oxygen atoms in total. The molecule has 3 heteroatoms. The van der Waals surface area contributed by atoms with Gasteiger partial charge in [0.15, 0.2) is 0 Å². The zero-order valence-corrected chi connectivity index (χ0v) is 10.0. The van der Waals surface area contributed by atoms with Crippen LogP contribution in [-0.2, 0) is 4.79 Å². The molecule has 88 valence electrons. The van der Waals surface area contributed by atoms with Gasteiger partial charge in [0.05, 0.1) is 0 Å². The summed E-state index contributed by atoms with van der Waals surface area (Å²) in [5.74, 6) is -0.152. The first-order valence-electron chi connectivity index (χ1n) is 6.01. The molecule has 0 bridgehead atoms. The van der Waals surface area contributed by atoms with Crippen molar-refractivity contribution in [3.05, 3.63) is 0 Å². The highest BCUT2D eigenvalue weighted by Crippen LogP contribution is 2.33. The van der Waals surface area contributed by atoms with Crippen LogP contribution in [0.15, 0.2) is 0 Å². The van der Waals surface area contributed by atoms with Crippen molar-refractivity contribution >= 4 is 5.97 Å². The van der Waals surface area contributed by atoms with E-state index in [1.165, 1.54) is 0 Å². The largest absolute Gasteiger partial charge is 0.480 e. The minimum atomic E-state index is -0.672. The zero-order valence-electron chi connectivity index (χ0n) is 10.0. The van der Waals surface area contributed by atoms with Crippen LogP contribution in [0.2, 0.25) is 0 Å². The van der Waals surface area contributed by atoms with Gasteiger partial charge in [-0.2, -0.15) is 0 Å². The van der Waals surface area contributed by atoms with E-state index < -0.39 is 11.5 Å². The Morgan fingerprint density at radius 1 is 1.67 bits per heavy atom. The number of hydrogen-bond donors (Lipinski definition) is 2. The first-order valence-corrected chi connectivity index (χ1v) is 6.01. The van der Waals surface area contributed by atoms with Gasteiger partial charge in [0.25, 0.3) is 0 Å². The average molecular weight is 213 g/mol. The van der Waals surface area contributed by atoms with Gasteiger partial charge in [-0.1, -0.05) is 26.7 Å². The van der Waals surface area contributed by atoms with Crippen LogP contribution in [0.4, 0.5) is 0 Å². The Balaban J connectivity index is 2.73. The van der Waals surface area contributed by atoms with E-state index in [9.17, 15) is 9.90 Å². The smallest absolute Gasteiger partial charge is 0.323 e. The van der Waals surface area contributed by atoms with Crippen molar-refractivity contribution in [2.24, 2.45) is 5.92 Å². The van der Waals surface area contributed by atoms with Crippen LogP contribution in [0.1, 0.15) is 52.9 Å². The van der Waals surface area contributed by atoms with E-state index in [0.29, 0.717) is 5.92 Å². The lowest BCUT2D eigenvalue weighted by molar-refractivity contribution is -0.147. The predicted molar refractivity (Wildman–Crippen MR) is 60.9 cm³/mol. The summed E-state index contributed by atoms with van der Waals surface area (Å²) in [6, 6.07) is 0.284. The number of aliphatic carboxylic acids is 1. The van der Waals surface area contributed by atoms with Crippen LogP contribution >= 0.6 is 0 Å². The third-order valence-electron chi connectivity index (χ3n) is 3.54. The molecule has 1 fully saturated rings. The molecule has 0 aliphatic heterocycles. The predicted octanol–water partition coefficient (Wildman–Crippen LogP) is 2.41. The van der Waals surface area contributed by atoms with E-state index in [0.717, 1.165) is 32.1 Å². The Morgan fingerprint density at radius 2 is 2.33 bits per heavy atom. The van der Waals surface area contributed by atoms with Gasteiger partial charge in [-0.15, -0.1) is 0 Å². The average Bonchev–Trinajstić information content (AvgIpc) is 2.17. The molecular formula is C12H23NO2. The normalized spacial score (nSPS) is 33.7. The van der Waals surface area contributed by atoms with Gasteiger partial charge in [0.1, 0.15) is 5.54 Å². The molecule has 1 aliphatic carbocycles. The molecule has 15 heavy (non-hydrogen) atoms. The van der Waals surface area contributed by atoms with Gasteiger partial charge in [0, 0.05) is 6.04 Å². The molecule has 0 spiro atoms. The van der Waals surface area contributed by atoms with Crippen molar-refractivity contribution in [3.63, 3.8) is 0 Å². The van der Waals surface area contributed by atoms with Crippen molar-refractivity contribution in [1.29, 1.82) is 0 Å². The molecule has 0 saturated heterocycles. The number of carbonyl (C=O) groups is 1. The topological polar surface area (TPSA) is 49.3 Å². The Kier molecular flexibility index (Phi) is 4.14. The molecule has 3 atom stereocenters. The summed E-state index contributed by atoms with van der Waals surface area (Å²) in [6.45, 7) is 6.29. The van der Waals surface area contributed by atoms with E-state index in [4.69, 9.17) is 0 Å². The lowest BCUT2D eigenvalue weighted by atomic mass is 9.76. The van der Waals surface area contributed by atoms with E-state index in [-0.39, 0.29) is 6.04 Å². The summed E-state index contributed by atoms with van der Waals surface area (Å²) in [5.41, 5.74) is -0.660. The zero-order chi connectivity index (χ0) is 11.5. The number of carboxylic acids is 1. The molecule has 0 aromatic heterocycles. The third-order valence-corrected chi connectivity index (χ3v) is 3.54. The Labute approximate surface area is 92.3 Å². The van der Waals surface area contributed by atoms with Gasteiger partial charge < -0.3 is 5.11 Å². The minimum Gasteiger partial charge on any atom is -0.480 e. The number of hydrogen-bond acceptors (Lipinski definition) is 2. The number of nitrogens with one attached hydrogen (secondary N) is 1. The van der Waals surface area contributed by atoms with E-state index >= 15 is 0 Å². The summed E-state index contributed by atoms with van der Waals surface area (Å²) in [4.78, 5) is 11.4. The maximum atomic E-state index is 11.4. The highest BCUT2D eigenvalue weighted by atomic mass is 16.4. The summed E-state index contributed by atoms with van der Waals surface area (Å²) >= 11 is 0. The van der Waals surface area contributed by atoms with E-state index in [1.807, 2.05) is 0 Å². The Hall–Kier alpha value is -0.570. The van der Waals surface area contributed by atoms with Crippen LogP contribution in [-0.4, -0.2) is 22.7 Å².